The summed E-state index contributed by atoms with van der Waals surface area (Å²) < 4.78 is 10.5. The predicted octanol–water partition coefficient (Wildman–Crippen LogP) is 1.43. The Morgan fingerprint density at radius 1 is 1.37 bits per heavy atom. The number of aliphatic carboxylic acids is 1. The molecule has 3 N–H and O–H groups in total. The highest BCUT2D eigenvalue weighted by molar-refractivity contribution is 5.93. The minimum atomic E-state index is -1.04. The summed E-state index contributed by atoms with van der Waals surface area (Å²) in [5, 5.41) is 9.03. The van der Waals surface area contributed by atoms with Gasteiger partial charge in [-0.1, -0.05) is 13.3 Å². The molecule has 1 rings (SSSR count). The number of hydrogen-bond acceptors (Lipinski definition) is 4. The molecule has 19 heavy (non-hydrogen) atoms. The van der Waals surface area contributed by atoms with E-state index >= 15 is 0 Å². The van der Waals surface area contributed by atoms with Crippen molar-refractivity contribution in [3.8, 4) is 11.5 Å². The molecule has 0 aliphatic rings. The first kappa shape index (κ1) is 14.8. The molecule has 1 aromatic rings. The summed E-state index contributed by atoms with van der Waals surface area (Å²) in [6.07, 6.45) is 0.118. The molecule has 0 aliphatic heterocycles. The van der Waals surface area contributed by atoms with E-state index in [1.807, 2.05) is 6.92 Å². The molecule has 0 radical (unpaired) electrons. The number of hydrogen-bond donors (Lipinski definition) is 2. The fourth-order valence-corrected chi connectivity index (χ4v) is 1.57. The predicted molar refractivity (Wildman–Crippen MR) is 68.5 cm³/mol. The summed E-state index contributed by atoms with van der Waals surface area (Å²) >= 11 is 0. The van der Waals surface area contributed by atoms with E-state index in [9.17, 15) is 9.59 Å². The average molecular weight is 267 g/mol. The first-order valence-corrected chi connectivity index (χ1v) is 5.86. The quantitative estimate of drug-likeness (QED) is 0.778. The van der Waals surface area contributed by atoms with E-state index in [1.165, 1.54) is 25.3 Å². The number of carboxylic acid groups (broad SMARTS) is 1. The minimum Gasteiger partial charge on any atom is -0.493 e. The zero-order chi connectivity index (χ0) is 14.4. The second kappa shape index (κ2) is 6.63. The summed E-state index contributed by atoms with van der Waals surface area (Å²) in [5.74, 6) is -1.08. The summed E-state index contributed by atoms with van der Waals surface area (Å²) in [4.78, 5) is 22.1. The highest BCUT2D eigenvalue weighted by atomic mass is 16.5. The maximum atomic E-state index is 11.0. The van der Waals surface area contributed by atoms with Gasteiger partial charge in [-0.05, 0) is 24.6 Å². The largest absolute Gasteiger partial charge is 0.493 e. The van der Waals surface area contributed by atoms with Crippen molar-refractivity contribution in [2.45, 2.75) is 25.9 Å². The van der Waals surface area contributed by atoms with Gasteiger partial charge in [-0.15, -0.1) is 0 Å². The molecule has 0 heterocycles. The number of nitrogens with two attached hydrogens (primary N) is 1. The number of methoxy groups -OCH3 is 1. The smallest absolute Gasteiger partial charge is 0.344 e. The molecular formula is C13H17NO5. The van der Waals surface area contributed by atoms with Gasteiger partial charge in [-0.2, -0.15) is 0 Å². The molecule has 104 valence electrons. The van der Waals surface area contributed by atoms with E-state index < -0.39 is 18.0 Å². The van der Waals surface area contributed by atoms with Gasteiger partial charge in [0.05, 0.1) is 7.11 Å². The number of rotatable bonds is 7. The molecule has 0 bridgehead atoms. The van der Waals surface area contributed by atoms with E-state index in [0.29, 0.717) is 12.8 Å². The van der Waals surface area contributed by atoms with Gasteiger partial charge in [0.1, 0.15) is 0 Å². The van der Waals surface area contributed by atoms with Crippen LogP contribution in [-0.2, 0) is 4.79 Å². The van der Waals surface area contributed by atoms with Crippen LogP contribution in [-0.4, -0.2) is 30.2 Å². The van der Waals surface area contributed by atoms with Crippen molar-refractivity contribution in [3.05, 3.63) is 23.8 Å². The third-order valence-corrected chi connectivity index (χ3v) is 2.54. The fraction of sp³-hybridized carbons (Fsp3) is 0.385. The van der Waals surface area contributed by atoms with Crippen LogP contribution in [0.3, 0.4) is 0 Å². The lowest BCUT2D eigenvalue weighted by molar-refractivity contribution is -0.145. The van der Waals surface area contributed by atoms with Crippen molar-refractivity contribution in [3.63, 3.8) is 0 Å². The van der Waals surface area contributed by atoms with Crippen LogP contribution in [0, 0.1) is 0 Å². The van der Waals surface area contributed by atoms with E-state index in [1.54, 1.807) is 0 Å². The maximum Gasteiger partial charge on any atom is 0.344 e. The standard InChI is InChI=1S/C13H17NO5/c1-3-4-10(13(16)17)19-9-6-5-8(12(14)15)7-11(9)18-2/h5-7,10H,3-4H2,1-2H3,(H2,14,15)(H,16,17). The molecule has 0 saturated carbocycles. The number of primary amides is 1. The lowest BCUT2D eigenvalue weighted by Crippen LogP contribution is -2.27. The Hall–Kier alpha value is -2.24. The number of carbonyl (C=O) groups is 2. The number of carbonyl (C=O) groups excluding carboxylic acids is 1. The average Bonchev–Trinajstić information content (AvgIpc) is 2.38. The Bertz CT molecular complexity index is 472. The van der Waals surface area contributed by atoms with E-state index in [0.717, 1.165) is 0 Å². The molecule has 1 aromatic carbocycles. The molecule has 6 nitrogen and oxygen atoms in total. The van der Waals surface area contributed by atoms with E-state index in [2.05, 4.69) is 0 Å². The van der Waals surface area contributed by atoms with Crippen molar-refractivity contribution in [1.29, 1.82) is 0 Å². The Balaban J connectivity index is 2.99. The van der Waals surface area contributed by atoms with Crippen LogP contribution in [0.1, 0.15) is 30.1 Å². The van der Waals surface area contributed by atoms with Crippen molar-refractivity contribution in [2.75, 3.05) is 7.11 Å². The molecule has 0 spiro atoms. The molecule has 0 aliphatic carbocycles. The van der Waals surface area contributed by atoms with Gasteiger partial charge in [-0.25, -0.2) is 4.79 Å². The molecule has 0 saturated heterocycles. The summed E-state index contributed by atoms with van der Waals surface area (Å²) in [6, 6.07) is 4.36. The number of ether oxygens (including phenoxy) is 2. The Labute approximate surface area is 111 Å². The topological polar surface area (TPSA) is 98.9 Å². The highest BCUT2D eigenvalue weighted by Crippen LogP contribution is 2.29. The third kappa shape index (κ3) is 3.87. The molecular weight excluding hydrogens is 250 g/mol. The van der Waals surface area contributed by atoms with Gasteiger partial charge >= 0.3 is 5.97 Å². The Morgan fingerprint density at radius 3 is 2.53 bits per heavy atom. The highest BCUT2D eigenvalue weighted by Gasteiger charge is 2.20. The van der Waals surface area contributed by atoms with Crippen LogP contribution >= 0.6 is 0 Å². The van der Waals surface area contributed by atoms with E-state index in [4.69, 9.17) is 20.3 Å². The van der Waals surface area contributed by atoms with Crippen LogP contribution in [0.25, 0.3) is 0 Å². The van der Waals surface area contributed by atoms with Crippen LogP contribution in [0.4, 0.5) is 0 Å². The molecule has 0 aromatic heterocycles. The first-order chi connectivity index (χ1) is 8.99. The monoisotopic (exact) mass is 267 g/mol. The van der Waals surface area contributed by atoms with Crippen LogP contribution in [0.2, 0.25) is 0 Å². The molecule has 6 heteroatoms. The van der Waals surface area contributed by atoms with Gasteiger partial charge in [0.15, 0.2) is 17.6 Å². The fourth-order valence-electron chi connectivity index (χ4n) is 1.57. The van der Waals surface area contributed by atoms with Crippen molar-refractivity contribution in [2.24, 2.45) is 5.73 Å². The first-order valence-electron chi connectivity index (χ1n) is 5.86. The van der Waals surface area contributed by atoms with Crippen molar-refractivity contribution >= 4 is 11.9 Å². The molecule has 1 amide bonds. The summed E-state index contributed by atoms with van der Waals surface area (Å²) in [5.41, 5.74) is 5.43. The second-order valence-electron chi connectivity index (χ2n) is 3.96. The zero-order valence-electron chi connectivity index (χ0n) is 10.9. The van der Waals surface area contributed by atoms with Gasteiger partial charge in [0.2, 0.25) is 5.91 Å². The summed E-state index contributed by atoms with van der Waals surface area (Å²) in [7, 11) is 1.41. The molecule has 0 fully saturated rings. The van der Waals surface area contributed by atoms with E-state index in [-0.39, 0.29) is 17.1 Å². The minimum absolute atomic E-state index is 0.270. The zero-order valence-corrected chi connectivity index (χ0v) is 10.9. The van der Waals surface area contributed by atoms with Crippen molar-refractivity contribution in [1.82, 2.24) is 0 Å². The Morgan fingerprint density at radius 2 is 2.05 bits per heavy atom. The van der Waals surface area contributed by atoms with Crippen molar-refractivity contribution < 1.29 is 24.2 Å². The van der Waals surface area contributed by atoms with Gasteiger partial charge in [0.25, 0.3) is 0 Å². The molecule has 1 atom stereocenters. The number of benzene rings is 1. The van der Waals surface area contributed by atoms with Crippen LogP contribution in [0.15, 0.2) is 18.2 Å². The SMILES string of the molecule is CCCC(Oc1ccc(C(N)=O)cc1OC)C(=O)O. The lowest BCUT2D eigenvalue weighted by Gasteiger charge is -2.16. The normalized spacial score (nSPS) is 11.7. The van der Waals surface area contributed by atoms with Gasteiger partial charge in [-0.3, -0.25) is 4.79 Å². The number of carboxylic acids is 1. The third-order valence-electron chi connectivity index (χ3n) is 2.54. The lowest BCUT2D eigenvalue weighted by atomic mass is 10.1. The number of amides is 1. The summed E-state index contributed by atoms with van der Waals surface area (Å²) in [6.45, 7) is 1.87. The van der Waals surface area contributed by atoms with Crippen LogP contribution in [0.5, 0.6) is 11.5 Å². The Kier molecular flexibility index (Phi) is 5.17. The van der Waals surface area contributed by atoms with Gasteiger partial charge in [0, 0.05) is 5.56 Å². The van der Waals surface area contributed by atoms with Crippen LogP contribution < -0.4 is 15.2 Å². The second-order valence-corrected chi connectivity index (χ2v) is 3.96. The van der Waals surface area contributed by atoms with Gasteiger partial charge < -0.3 is 20.3 Å². The molecule has 1 unspecified atom stereocenters. The maximum absolute atomic E-state index is 11.0.